The minimum absolute atomic E-state index is 0.0281. The normalized spacial score (nSPS) is 11.8. The van der Waals surface area contributed by atoms with Crippen LogP contribution in [0.15, 0.2) is 60.7 Å². The molecule has 0 spiro atoms. The van der Waals surface area contributed by atoms with Gasteiger partial charge in [0.2, 0.25) is 5.95 Å². The topological polar surface area (TPSA) is 70.1 Å². The molecule has 0 radical (unpaired) electrons. The van der Waals surface area contributed by atoms with E-state index in [1.54, 1.807) is 12.1 Å². The maximum Gasteiger partial charge on any atom is 0.225 e. The second-order valence-corrected chi connectivity index (χ2v) is 5.69. The molecule has 0 unspecified atom stereocenters. The SMILES string of the molecule is C[C@H](CO)Nc1nc(Nc2ccc(F)cc2)cc(-c2ccccc2)n1. The Bertz CT molecular complexity index is 825. The average molecular weight is 338 g/mol. The number of halogens is 1. The fourth-order valence-corrected chi connectivity index (χ4v) is 2.28. The summed E-state index contributed by atoms with van der Waals surface area (Å²) in [5.41, 5.74) is 2.42. The summed E-state index contributed by atoms with van der Waals surface area (Å²) in [5.74, 6) is 0.693. The molecule has 1 aromatic heterocycles. The van der Waals surface area contributed by atoms with E-state index in [2.05, 4.69) is 20.6 Å². The summed E-state index contributed by atoms with van der Waals surface area (Å²) in [6.45, 7) is 1.81. The third kappa shape index (κ3) is 4.51. The Morgan fingerprint density at radius 3 is 2.44 bits per heavy atom. The first-order chi connectivity index (χ1) is 12.1. The molecule has 5 nitrogen and oxygen atoms in total. The van der Waals surface area contributed by atoms with Crippen molar-refractivity contribution in [1.29, 1.82) is 0 Å². The van der Waals surface area contributed by atoms with Crippen molar-refractivity contribution >= 4 is 17.5 Å². The van der Waals surface area contributed by atoms with Crippen LogP contribution in [0, 0.1) is 5.82 Å². The molecule has 0 fully saturated rings. The highest BCUT2D eigenvalue weighted by atomic mass is 19.1. The number of hydrogen-bond donors (Lipinski definition) is 3. The zero-order chi connectivity index (χ0) is 17.6. The van der Waals surface area contributed by atoms with Crippen LogP contribution in [0.1, 0.15) is 6.92 Å². The highest BCUT2D eigenvalue weighted by Gasteiger charge is 2.09. The molecule has 0 aliphatic rings. The quantitative estimate of drug-likeness (QED) is 0.637. The molecule has 25 heavy (non-hydrogen) atoms. The van der Waals surface area contributed by atoms with Gasteiger partial charge in [-0.2, -0.15) is 4.98 Å². The van der Waals surface area contributed by atoms with Crippen LogP contribution in [0.4, 0.5) is 21.8 Å². The number of benzene rings is 2. The molecule has 0 aliphatic carbocycles. The maximum atomic E-state index is 13.1. The highest BCUT2D eigenvalue weighted by molar-refractivity contribution is 5.67. The molecule has 3 N–H and O–H groups in total. The second kappa shape index (κ2) is 7.72. The van der Waals surface area contributed by atoms with Crippen LogP contribution in [-0.2, 0) is 0 Å². The molecule has 1 heterocycles. The number of aromatic nitrogens is 2. The zero-order valence-electron chi connectivity index (χ0n) is 13.8. The van der Waals surface area contributed by atoms with E-state index in [1.165, 1.54) is 12.1 Å². The fourth-order valence-electron chi connectivity index (χ4n) is 2.28. The Labute approximate surface area is 145 Å². The van der Waals surface area contributed by atoms with E-state index < -0.39 is 0 Å². The molecule has 0 aliphatic heterocycles. The summed E-state index contributed by atoms with van der Waals surface area (Å²) < 4.78 is 13.1. The van der Waals surface area contributed by atoms with E-state index in [9.17, 15) is 9.50 Å². The van der Waals surface area contributed by atoms with E-state index in [1.807, 2.05) is 43.3 Å². The molecule has 2 aromatic carbocycles. The second-order valence-electron chi connectivity index (χ2n) is 5.69. The Kier molecular flexibility index (Phi) is 5.20. The summed E-state index contributed by atoms with van der Waals surface area (Å²) in [7, 11) is 0. The van der Waals surface area contributed by atoms with Crippen molar-refractivity contribution in [2.24, 2.45) is 0 Å². The van der Waals surface area contributed by atoms with Gasteiger partial charge in [0.15, 0.2) is 0 Å². The van der Waals surface area contributed by atoms with Gasteiger partial charge in [0.25, 0.3) is 0 Å². The number of hydrogen-bond acceptors (Lipinski definition) is 5. The van der Waals surface area contributed by atoms with Crippen LogP contribution in [-0.4, -0.2) is 27.7 Å². The molecule has 0 saturated heterocycles. The third-order valence-electron chi connectivity index (χ3n) is 3.56. The predicted molar refractivity (Wildman–Crippen MR) is 97.3 cm³/mol. The number of rotatable bonds is 6. The molecular formula is C19H19FN4O. The van der Waals surface area contributed by atoms with Gasteiger partial charge >= 0.3 is 0 Å². The first-order valence-corrected chi connectivity index (χ1v) is 7.98. The number of aliphatic hydroxyl groups is 1. The van der Waals surface area contributed by atoms with Crippen molar-refractivity contribution < 1.29 is 9.50 Å². The van der Waals surface area contributed by atoms with Gasteiger partial charge in [0.1, 0.15) is 11.6 Å². The first-order valence-electron chi connectivity index (χ1n) is 7.98. The summed E-state index contributed by atoms with van der Waals surface area (Å²) >= 11 is 0. The maximum absolute atomic E-state index is 13.1. The van der Waals surface area contributed by atoms with Crippen LogP contribution in [0.5, 0.6) is 0 Å². The molecule has 3 aromatic rings. The number of aliphatic hydroxyl groups excluding tert-OH is 1. The van der Waals surface area contributed by atoms with Crippen molar-refractivity contribution in [1.82, 2.24) is 9.97 Å². The number of nitrogens with zero attached hydrogens (tertiary/aromatic N) is 2. The first kappa shape index (κ1) is 16.9. The molecule has 6 heteroatoms. The molecular weight excluding hydrogens is 319 g/mol. The summed E-state index contributed by atoms with van der Waals surface area (Å²) in [6, 6.07) is 17.4. The van der Waals surface area contributed by atoms with Crippen molar-refractivity contribution in [3.05, 3.63) is 66.5 Å². The van der Waals surface area contributed by atoms with E-state index >= 15 is 0 Å². The van der Waals surface area contributed by atoms with Crippen LogP contribution < -0.4 is 10.6 Å². The fraction of sp³-hybridized carbons (Fsp3) is 0.158. The largest absolute Gasteiger partial charge is 0.394 e. The van der Waals surface area contributed by atoms with Crippen molar-refractivity contribution in [3.8, 4) is 11.3 Å². The summed E-state index contributed by atoms with van der Waals surface area (Å²) in [6.07, 6.45) is 0. The minimum Gasteiger partial charge on any atom is -0.394 e. The van der Waals surface area contributed by atoms with E-state index in [0.717, 1.165) is 16.9 Å². The van der Waals surface area contributed by atoms with E-state index in [0.29, 0.717) is 11.8 Å². The van der Waals surface area contributed by atoms with Gasteiger partial charge in [-0.1, -0.05) is 30.3 Å². The molecule has 0 amide bonds. The van der Waals surface area contributed by atoms with Gasteiger partial charge in [-0.25, -0.2) is 9.37 Å². The molecule has 1 atom stereocenters. The minimum atomic E-state index is -0.294. The van der Waals surface area contributed by atoms with Crippen molar-refractivity contribution in [2.75, 3.05) is 17.2 Å². The van der Waals surface area contributed by atoms with Crippen molar-refractivity contribution in [2.45, 2.75) is 13.0 Å². The number of anilines is 3. The Hall–Kier alpha value is -2.99. The molecule has 3 rings (SSSR count). The lowest BCUT2D eigenvalue weighted by Gasteiger charge is -2.14. The third-order valence-corrected chi connectivity index (χ3v) is 3.56. The smallest absolute Gasteiger partial charge is 0.225 e. The highest BCUT2D eigenvalue weighted by Crippen LogP contribution is 2.24. The van der Waals surface area contributed by atoms with Crippen LogP contribution in [0.3, 0.4) is 0 Å². The lowest BCUT2D eigenvalue weighted by molar-refractivity contribution is 0.281. The Morgan fingerprint density at radius 2 is 1.76 bits per heavy atom. The van der Waals surface area contributed by atoms with Crippen LogP contribution >= 0.6 is 0 Å². The van der Waals surface area contributed by atoms with Gasteiger partial charge in [-0.3, -0.25) is 0 Å². The molecule has 0 saturated carbocycles. The van der Waals surface area contributed by atoms with E-state index in [-0.39, 0.29) is 18.5 Å². The molecule has 128 valence electrons. The van der Waals surface area contributed by atoms with Crippen LogP contribution in [0.25, 0.3) is 11.3 Å². The lowest BCUT2D eigenvalue weighted by Crippen LogP contribution is -2.21. The lowest BCUT2D eigenvalue weighted by atomic mass is 10.1. The monoisotopic (exact) mass is 338 g/mol. The zero-order valence-corrected chi connectivity index (χ0v) is 13.8. The van der Waals surface area contributed by atoms with Gasteiger partial charge in [0.05, 0.1) is 12.3 Å². The Balaban J connectivity index is 1.95. The Morgan fingerprint density at radius 1 is 1.04 bits per heavy atom. The van der Waals surface area contributed by atoms with Crippen LogP contribution in [0.2, 0.25) is 0 Å². The van der Waals surface area contributed by atoms with Crippen molar-refractivity contribution in [3.63, 3.8) is 0 Å². The average Bonchev–Trinajstić information content (AvgIpc) is 2.64. The van der Waals surface area contributed by atoms with Gasteiger partial charge in [0, 0.05) is 23.4 Å². The van der Waals surface area contributed by atoms with Gasteiger partial charge < -0.3 is 15.7 Å². The van der Waals surface area contributed by atoms with Gasteiger partial charge in [-0.05, 0) is 31.2 Å². The van der Waals surface area contributed by atoms with E-state index in [4.69, 9.17) is 0 Å². The summed E-state index contributed by atoms with van der Waals surface area (Å²) in [5, 5.41) is 15.5. The predicted octanol–water partition coefficient (Wildman–Crippen LogP) is 3.82. The summed E-state index contributed by atoms with van der Waals surface area (Å²) in [4.78, 5) is 8.94. The van der Waals surface area contributed by atoms with Gasteiger partial charge in [-0.15, -0.1) is 0 Å². The standard InChI is InChI=1S/C19H19FN4O/c1-13(12-25)21-19-23-17(14-5-3-2-4-6-14)11-18(24-19)22-16-9-7-15(20)8-10-16/h2-11,13,25H,12H2,1H3,(H2,21,22,23,24)/t13-/m1/s1. The molecule has 0 bridgehead atoms. The number of nitrogens with one attached hydrogen (secondary N) is 2.